The summed E-state index contributed by atoms with van der Waals surface area (Å²) in [7, 11) is 2.39. The Hall–Kier alpha value is -1.74. The lowest BCUT2D eigenvalue weighted by Crippen LogP contribution is -2.41. The summed E-state index contributed by atoms with van der Waals surface area (Å²) in [6.07, 6.45) is 2.63. The molecule has 7 nitrogen and oxygen atoms in total. The number of hydrogen-bond donors (Lipinski definition) is 3. The van der Waals surface area contributed by atoms with E-state index in [1.54, 1.807) is 0 Å². The van der Waals surface area contributed by atoms with Gasteiger partial charge in [-0.25, -0.2) is 4.79 Å². The van der Waals surface area contributed by atoms with Gasteiger partial charge in [-0.3, -0.25) is 9.59 Å². The van der Waals surface area contributed by atoms with Gasteiger partial charge in [-0.1, -0.05) is 34.7 Å². The molecular formula is C12H16N2O5S2. The second-order valence-corrected chi connectivity index (χ2v) is 6.18. The van der Waals surface area contributed by atoms with Crippen LogP contribution in [0.4, 0.5) is 0 Å². The zero-order chi connectivity index (χ0) is 16.3. The van der Waals surface area contributed by atoms with E-state index in [1.807, 2.05) is 0 Å². The molecule has 2 amide bonds. The van der Waals surface area contributed by atoms with Crippen LogP contribution >= 0.6 is 21.6 Å². The molecule has 116 valence electrons. The fourth-order valence-electron chi connectivity index (χ4n) is 1.000. The predicted octanol–water partition coefficient (Wildman–Crippen LogP) is -0.00710. The molecule has 9 heteroatoms. The number of aldehydes is 1. The zero-order valence-corrected chi connectivity index (χ0v) is 12.7. The van der Waals surface area contributed by atoms with Crippen LogP contribution in [0.3, 0.4) is 0 Å². The zero-order valence-electron chi connectivity index (χ0n) is 11.1. The smallest absolute Gasteiger partial charge is 0.327 e. The Kier molecular flexibility index (Phi) is 10.1. The Balaban J connectivity index is 4.13. The van der Waals surface area contributed by atoms with Crippen molar-refractivity contribution in [3.05, 3.63) is 25.3 Å². The number of nitrogens with one attached hydrogen (secondary N) is 2. The van der Waals surface area contributed by atoms with Crippen molar-refractivity contribution in [2.75, 3.05) is 11.5 Å². The Morgan fingerprint density at radius 2 is 1.57 bits per heavy atom. The lowest BCUT2D eigenvalue weighted by Gasteiger charge is -2.14. The molecule has 0 aliphatic heterocycles. The van der Waals surface area contributed by atoms with Crippen molar-refractivity contribution in [2.45, 2.75) is 12.1 Å². The number of rotatable bonds is 11. The van der Waals surface area contributed by atoms with Crippen LogP contribution in [0.5, 0.6) is 0 Å². The van der Waals surface area contributed by atoms with Gasteiger partial charge in [0.25, 0.3) is 0 Å². The van der Waals surface area contributed by atoms with Crippen molar-refractivity contribution >= 4 is 45.7 Å². The second kappa shape index (κ2) is 11.0. The van der Waals surface area contributed by atoms with Gasteiger partial charge < -0.3 is 20.5 Å². The van der Waals surface area contributed by atoms with Crippen molar-refractivity contribution in [1.82, 2.24) is 10.6 Å². The van der Waals surface area contributed by atoms with Gasteiger partial charge in [-0.05, 0) is 12.2 Å². The van der Waals surface area contributed by atoms with Gasteiger partial charge in [0.2, 0.25) is 11.8 Å². The molecule has 0 spiro atoms. The topological polar surface area (TPSA) is 113 Å². The monoisotopic (exact) mass is 332 g/mol. The van der Waals surface area contributed by atoms with E-state index in [4.69, 9.17) is 5.11 Å². The molecule has 21 heavy (non-hydrogen) atoms. The summed E-state index contributed by atoms with van der Waals surface area (Å²) in [5.74, 6) is -1.81. The molecule has 2 unspecified atom stereocenters. The third-order valence-electron chi connectivity index (χ3n) is 2.04. The standard InChI is InChI=1S/C12H16N2O5S2/c1-3-10(16)13-8(5-15)6-20-21-7-9(12(18)19)14-11(17)4-2/h3-5,8-9H,1-2,6-7H2,(H,13,16)(H,14,17)(H,18,19). The number of carbonyl (C=O) groups is 4. The Morgan fingerprint density at radius 3 is 2.05 bits per heavy atom. The second-order valence-electron chi connectivity index (χ2n) is 3.63. The van der Waals surface area contributed by atoms with Crippen molar-refractivity contribution in [2.24, 2.45) is 0 Å². The molecule has 0 aliphatic rings. The lowest BCUT2D eigenvalue weighted by atomic mass is 10.3. The molecule has 0 bridgehead atoms. The number of hydrogen-bond acceptors (Lipinski definition) is 6. The molecule has 0 aromatic rings. The van der Waals surface area contributed by atoms with Crippen LogP contribution in [0.25, 0.3) is 0 Å². The van der Waals surface area contributed by atoms with Gasteiger partial charge in [-0.2, -0.15) is 0 Å². The quantitative estimate of drug-likeness (QED) is 0.211. The normalized spacial score (nSPS) is 12.6. The van der Waals surface area contributed by atoms with Gasteiger partial charge >= 0.3 is 5.97 Å². The molecule has 0 saturated carbocycles. The molecule has 0 heterocycles. The maximum absolute atomic E-state index is 11.1. The minimum atomic E-state index is -1.16. The summed E-state index contributed by atoms with van der Waals surface area (Å²) in [5, 5.41) is 13.6. The van der Waals surface area contributed by atoms with E-state index in [1.165, 1.54) is 21.6 Å². The first-order chi connectivity index (χ1) is 9.94. The van der Waals surface area contributed by atoms with Crippen LogP contribution in [-0.4, -0.2) is 52.8 Å². The highest BCUT2D eigenvalue weighted by Crippen LogP contribution is 2.22. The van der Waals surface area contributed by atoms with Gasteiger partial charge in [0.1, 0.15) is 12.3 Å². The number of carboxylic acid groups (broad SMARTS) is 1. The molecule has 0 fully saturated rings. The van der Waals surface area contributed by atoms with E-state index in [9.17, 15) is 19.2 Å². The highest BCUT2D eigenvalue weighted by Gasteiger charge is 2.19. The Labute approximate surface area is 130 Å². The summed E-state index contributed by atoms with van der Waals surface area (Å²) in [6.45, 7) is 6.50. The summed E-state index contributed by atoms with van der Waals surface area (Å²) in [4.78, 5) is 43.8. The third-order valence-corrected chi connectivity index (χ3v) is 4.49. The number of carbonyl (C=O) groups excluding carboxylic acids is 3. The van der Waals surface area contributed by atoms with E-state index in [-0.39, 0.29) is 11.5 Å². The molecule has 3 N–H and O–H groups in total. The molecule has 0 aromatic carbocycles. The minimum absolute atomic E-state index is 0.112. The molecular weight excluding hydrogens is 316 g/mol. The van der Waals surface area contributed by atoms with Gasteiger partial charge in [0.15, 0.2) is 0 Å². The minimum Gasteiger partial charge on any atom is -0.480 e. The van der Waals surface area contributed by atoms with Crippen molar-refractivity contribution in [1.29, 1.82) is 0 Å². The van der Waals surface area contributed by atoms with Crippen LogP contribution < -0.4 is 10.6 Å². The van der Waals surface area contributed by atoms with E-state index in [0.717, 1.165) is 12.2 Å². The largest absolute Gasteiger partial charge is 0.480 e. The molecule has 0 aliphatic carbocycles. The SMILES string of the molecule is C=CC(=O)NC(C=O)CSSCC(NC(=O)C=C)C(=O)O. The summed E-state index contributed by atoms with van der Waals surface area (Å²) < 4.78 is 0. The van der Waals surface area contributed by atoms with Crippen LogP contribution in [0, 0.1) is 0 Å². The van der Waals surface area contributed by atoms with E-state index >= 15 is 0 Å². The molecule has 0 aromatic heterocycles. The van der Waals surface area contributed by atoms with Crippen LogP contribution in [0.2, 0.25) is 0 Å². The first kappa shape index (κ1) is 19.3. The van der Waals surface area contributed by atoms with E-state index < -0.39 is 29.9 Å². The first-order valence-electron chi connectivity index (χ1n) is 5.73. The average Bonchev–Trinajstić information content (AvgIpc) is 2.47. The lowest BCUT2D eigenvalue weighted by molar-refractivity contribution is -0.140. The van der Waals surface area contributed by atoms with E-state index in [0.29, 0.717) is 6.29 Å². The van der Waals surface area contributed by atoms with Crippen molar-refractivity contribution < 1.29 is 24.3 Å². The molecule has 0 radical (unpaired) electrons. The van der Waals surface area contributed by atoms with Gasteiger partial charge in [0, 0.05) is 11.5 Å². The van der Waals surface area contributed by atoms with E-state index in [2.05, 4.69) is 23.8 Å². The fourth-order valence-corrected chi connectivity index (χ4v) is 3.29. The van der Waals surface area contributed by atoms with Crippen LogP contribution in [-0.2, 0) is 19.2 Å². The number of amides is 2. The molecule has 2 atom stereocenters. The first-order valence-corrected chi connectivity index (χ1v) is 8.21. The predicted molar refractivity (Wildman–Crippen MR) is 82.9 cm³/mol. The molecule has 0 rings (SSSR count). The number of aliphatic carboxylic acids is 1. The maximum Gasteiger partial charge on any atom is 0.327 e. The third kappa shape index (κ3) is 8.92. The van der Waals surface area contributed by atoms with Crippen molar-refractivity contribution in [3.8, 4) is 0 Å². The van der Waals surface area contributed by atoms with Gasteiger partial charge in [0.05, 0.1) is 6.04 Å². The van der Waals surface area contributed by atoms with Crippen molar-refractivity contribution in [3.63, 3.8) is 0 Å². The van der Waals surface area contributed by atoms with Crippen LogP contribution in [0.1, 0.15) is 0 Å². The Bertz CT molecular complexity index is 428. The number of carboxylic acids is 1. The summed E-state index contributed by atoms with van der Waals surface area (Å²) in [5.41, 5.74) is 0. The highest BCUT2D eigenvalue weighted by molar-refractivity contribution is 8.76. The molecule has 0 saturated heterocycles. The van der Waals surface area contributed by atoms with Gasteiger partial charge in [-0.15, -0.1) is 0 Å². The highest BCUT2D eigenvalue weighted by atomic mass is 33.1. The average molecular weight is 332 g/mol. The summed E-state index contributed by atoms with van der Waals surface area (Å²) >= 11 is 0. The summed E-state index contributed by atoms with van der Waals surface area (Å²) in [6, 6.07) is -1.73. The fraction of sp³-hybridized carbons (Fsp3) is 0.333. The Morgan fingerprint density at radius 1 is 1.05 bits per heavy atom. The van der Waals surface area contributed by atoms with Crippen LogP contribution in [0.15, 0.2) is 25.3 Å². The maximum atomic E-state index is 11.1.